The van der Waals surface area contributed by atoms with Crippen molar-refractivity contribution in [3.63, 3.8) is 0 Å². The van der Waals surface area contributed by atoms with Gasteiger partial charge < -0.3 is 4.74 Å². The van der Waals surface area contributed by atoms with Crippen molar-refractivity contribution in [1.82, 2.24) is 4.98 Å². The van der Waals surface area contributed by atoms with Gasteiger partial charge in [0.1, 0.15) is 0 Å². The average Bonchev–Trinajstić information content (AvgIpc) is 2.28. The third kappa shape index (κ3) is 2.74. The van der Waals surface area contributed by atoms with Gasteiger partial charge in [-0.1, -0.05) is 27.7 Å². The first-order valence-corrected chi connectivity index (χ1v) is 7.16. The Morgan fingerprint density at radius 1 is 1.28 bits per heavy atom. The summed E-state index contributed by atoms with van der Waals surface area (Å²) in [6.45, 7) is 10.8. The molecule has 1 atom stereocenters. The largest absolute Gasteiger partial charge is 0.381 e. The van der Waals surface area contributed by atoms with Crippen LogP contribution in [0.1, 0.15) is 62.8 Å². The second-order valence-corrected chi connectivity index (χ2v) is 5.94. The van der Waals surface area contributed by atoms with Gasteiger partial charge in [-0.3, -0.25) is 4.98 Å². The van der Waals surface area contributed by atoms with Crippen LogP contribution in [-0.2, 0) is 11.2 Å². The first-order valence-electron chi connectivity index (χ1n) is 7.16. The maximum atomic E-state index is 5.81. The van der Waals surface area contributed by atoms with Gasteiger partial charge in [-0.2, -0.15) is 0 Å². The molecule has 1 aliphatic rings. The zero-order valence-electron chi connectivity index (χ0n) is 12.1. The van der Waals surface area contributed by atoms with Crippen LogP contribution in [0.5, 0.6) is 0 Å². The summed E-state index contributed by atoms with van der Waals surface area (Å²) in [5, 5.41) is 0. The summed E-state index contributed by atoms with van der Waals surface area (Å²) >= 11 is 0. The molecule has 0 N–H and O–H groups in total. The number of rotatable bonds is 2. The number of aryl methyl sites for hydroxylation is 1. The van der Waals surface area contributed by atoms with E-state index < -0.39 is 0 Å². The second kappa shape index (κ2) is 5.83. The molecule has 0 spiro atoms. The van der Waals surface area contributed by atoms with Crippen LogP contribution in [0.4, 0.5) is 0 Å². The maximum Gasteiger partial charge on any atom is 0.0537 e. The second-order valence-electron chi connectivity index (χ2n) is 5.94. The molecule has 0 aromatic carbocycles. The minimum absolute atomic E-state index is 0.492. The Balaban J connectivity index is 2.51. The third-order valence-electron chi connectivity index (χ3n) is 3.90. The van der Waals surface area contributed by atoms with Crippen molar-refractivity contribution in [2.24, 2.45) is 5.92 Å². The molecule has 18 heavy (non-hydrogen) atoms. The van der Waals surface area contributed by atoms with Crippen LogP contribution >= 0.6 is 0 Å². The molecule has 0 saturated carbocycles. The zero-order valence-corrected chi connectivity index (χ0v) is 12.1. The molecular weight excluding hydrogens is 222 g/mol. The molecule has 1 aromatic rings. The van der Waals surface area contributed by atoms with Gasteiger partial charge in [-0.15, -0.1) is 0 Å². The average molecular weight is 247 g/mol. The van der Waals surface area contributed by atoms with E-state index in [9.17, 15) is 0 Å². The van der Waals surface area contributed by atoms with E-state index in [-0.39, 0.29) is 0 Å². The molecule has 1 aliphatic heterocycles. The molecule has 2 rings (SSSR count). The normalized spacial score (nSPS) is 20.7. The molecular formula is C16H25NO. The summed E-state index contributed by atoms with van der Waals surface area (Å²) in [4.78, 5) is 4.64. The topological polar surface area (TPSA) is 22.1 Å². The van der Waals surface area contributed by atoms with Crippen molar-refractivity contribution in [2.75, 3.05) is 13.2 Å². The Hall–Kier alpha value is -0.890. The highest BCUT2D eigenvalue weighted by Crippen LogP contribution is 2.34. The molecule has 0 amide bonds. The summed E-state index contributed by atoms with van der Waals surface area (Å²) in [6, 6.07) is 2.19. The van der Waals surface area contributed by atoms with Crippen molar-refractivity contribution < 1.29 is 4.74 Å². The first-order chi connectivity index (χ1) is 8.61. The first kappa shape index (κ1) is 13.5. The Labute approximate surface area is 111 Å². The van der Waals surface area contributed by atoms with Crippen molar-refractivity contribution in [1.29, 1.82) is 0 Å². The van der Waals surface area contributed by atoms with Gasteiger partial charge in [-0.25, -0.2) is 0 Å². The van der Waals surface area contributed by atoms with Gasteiger partial charge in [0.2, 0.25) is 0 Å². The van der Waals surface area contributed by atoms with Gasteiger partial charge in [0.15, 0.2) is 0 Å². The zero-order chi connectivity index (χ0) is 13.1. The van der Waals surface area contributed by atoms with Gasteiger partial charge in [0, 0.05) is 24.4 Å². The lowest BCUT2D eigenvalue weighted by Gasteiger charge is -2.29. The van der Waals surface area contributed by atoms with Gasteiger partial charge in [-0.05, 0) is 41.9 Å². The number of hydrogen-bond donors (Lipinski definition) is 0. The van der Waals surface area contributed by atoms with Crippen LogP contribution in [0.15, 0.2) is 12.3 Å². The van der Waals surface area contributed by atoms with Gasteiger partial charge >= 0.3 is 0 Å². The number of ether oxygens (including phenoxy) is 1. The highest BCUT2D eigenvalue weighted by Gasteiger charge is 2.25. The summed E-state index contributed by atoms with van der Waals surface area (Å²) < 4.78 is 5.81. The van der Waals surface area contributed by atoms with Crippen LogP contribution in [0.25, 0.3) is 0 Å². The van der Waals surface area contributed by atoms with Crippen LogP contribution in [0.3, 0.4) is 0 Å². The van der Waals surface area contributed by atoms with Crippen molar-refractivity contribution in [2.45, 2.75) is 52.4 Å². The van der Waals surface area contributed by atoms with E-state index >= 15 is 0 Å². The fraction of sp³-hybridized carbons (Fsp3) is 0.688. The summed E-state index contributed by atoms with van der Waals surface area (Å²) in [5.74, 6) is 1.65. The highest BCUT2D eigenvalue weighted by atomic mass is 16.5. The van der Waals surface area contributed by atoms with E-state index in [1.54, 1.807) is 0 Å². The summed E-state index contributed by atoms with van der Waals surface area (Å²) in [6.07, 6.45) is 4.12. The molecule has 0 radical (unpaired) electrons. The number of fused-ring (bicyclic) bond motifs is 1. The van der Waals surface area contributed by atoms with Gasteiger partial charge in [0.05, 0.1) is 6.61 Å². The minimum atomic E-state index is 0.492. The molecule has 0 bridgehead atoms. The number of aromatic nitrogens is 1. The van der Waals surface area contributed by atoms with E-state index in [2.05, 4.69) is 38.7 Å². The Morgan fingerprint density at radius 2 is 2.06 bits per heavy atom. The third-order valence-corrected chi connectivity index (χ3v) is 3.90. The van der Waals surface area contributed by atoms with Crippen molar-refractivity contribution >= 4 is 0 Å². The molecule has 2 heterocycles. The van der Waals surface area contributed by atoms with Crippen molar-refractivity contribution in [3.8, 4) is 0 Å². The lowest BCUT2D eigenvalue weighted by Crippen LogP contribution is -2.22. The highest BCUT2D eigenvalue weighted by molar-refractivity contribution is 5.36. The molecule has 1 unspecified atom stereocenters. The predicted molar refractivity (Wildman–Crippen MR) is 75.0 cm³/mol. The summed E-state index contributed by atoms with van der Waals surface area (Å²) in [5.41, 5.74) is 4.25. The van der Waals surface area contributed by atoms with Crippen LogP contribution in [-0.4, -0.2) is 18.2 Å². The summed E-state index contributed by atoms with van der Waals surface area (Å²) in [7, 11) is 0. The number of nitrogens with zero attached hydrogens (tertiary/aromatic N) is 1. The van der Waals surface area contributed by atoms with E-state index in [1.807, 2.05) is 6.20 Å². The lowest BCUT2D eigenvalue weighted by molar-refractivity contribution is 0.101. The maximum absolute atomic E-state index is 5.81. The van der Waals surface area contributed by atoms with E-state index in [0.717, 1.165) is 26.1 Å². The van der Waals surface area contributed by atoms with Crippen molar-refractivity contribution in [3.05, 3.63) is 29.1 Å². The molecule has 0 fully saturated rings. The van der Waals surface area contributed by atoms with E-state index in [0.29, 0.717) is 17.8 Å². The SMILES string of the molecule is CC(C)c1ccnc2c1C(C(C)C)COCCC2. The number of hydrogen-bond acceptors (Lipinski definition) is 2. The van der Waals surface area contributed by atoms with Gasteiger partial charge in [0.25, 0.3) is 0 Å². The molecule has 100 valence electrons. The lowest BCUT2D eigenvalue weighted by atomic mass is 9.81. The Bertz CT molecular complexity index is 398. The molecule has 1 aromatic heterocycles. The standard InChI is InChI=1S/C16H25NO/c1-11(2)13-7-8-17-15-6-5-9-18-10-14(12(3)4)16(13)15/h7-8,11-12,14H,5-6,9-10H2,1-4H3. The molecule has 0 saturated heterocycles. The number of pyridine rings is 1. The molecule has 2 heteroatoms. The fourth-order valence-electron chi connectivity index (χ4n) is 2.83. The van der Waals surface area contributed by atoms with Crippen LogP contribution < -0.4 is 0 Å². The minimum Gasteiger partial charge on any atom is -0.381 e. The van der Waals surface area contributed by atoms with E-state index in [4.69, 9.17) is 4.74 Å². The molecule has 0 aliphatic carbocycles. The van der Waals surface area contributed by atoms with Crippen LogP contribution in [0, 0.1) is 5.92 Å². The Kier molecular flexibility index (Phi) is 4.39. The van der Waals surface area contributed by atoms with Crippen LogP contribution in [0.2, 0.25) is 0 Å². The monoisotopic (exact) mass is 247 g/mol. The van der Waals surface area contributed by atoms with E-state index in [1.165, 1.54) is 16.8 Å². The smallest absolute Gasteiger partial charge is 0.0537 e. The predicted octanol–water partition coefficient (Wildman–Crippen LogP) is 3.91. The molecule has 2 nitrogen and oxygen atoms in total. The fourth-order valence-corrected chi connectivity index (χ4v) is 2.83. The quantitative estimate of drug-likeness (QED) is 0.790. The Morgan fingerprint density at radius 3 is 2.72 bits per heavy atom.